The average molecular weight is 281 g/mol. The van der Waals surface area contributed by atoms with E-state index in [1.807, 2.05) is 0 Å². The van der Waals surface area contributed by atoms with E-state index < -0.39 is 22.4 Å². The van der Waals surface area contributed by atoms with E-state index in [2.05, 4.69) is 0 Å². The monoisotopic (exact) mass is 281 g/mol. The summed E-state index contributed by atoms with van der Waals surface area (Å²) in [6, 6.07) is 8.23. The van der Waals surface area contributed by atoms with Crippen LogP contribution in [0.1, 0.15) is 11.1 Å². The minimum absolute atomic E-state index is 0.0689. The summed E-state index contributed by atoms with van der Waals surface area (Å²) in [5, 5.41) is 0. The molecule has 100 valence electrons. The predicted octanol–water partition coefficient (Wildman–Crippen LogP) is 3.16. The van der Waals surface area contributed by atoms with Crippen LogP contribution < -0.4 is 5.73 Å². The van der Waals surface area contributed by atoms with Gasteiger partial charge in [0.15, 0.2) is 0 Å². The average Bonchev–Trinajstić information content (AvgIpc) is 2.26. The molecule has 0 fully saturated rings. The largest absolute Gasteiger partial charge is 0.399 e. The summed E-state index contributed by atoms with van der Waals surface area (Å²) >= 11 is 0. The molecule has 0 radical (unpaired) electrons. The molecule has 0 aliphatic rings. The number of benzene rings is 2. The summed E-state index contributed by atoms with van der Waals surface area (Å²) in [5.74, 6) is -1.26. The molecule has 1 unspecified atom stereocenters. The van der Waals surface area contributed by atoms with Gasteiger partial charge in [0.05, 0.1) is 16.6 Å². The fourth-order valence-electron chi connectivity index (χ4n) is 1.85. The van der Waals surface area contributed by atoms with Crippen molar-refractivity contribution in [3.8, 4) is 0 Å². The normalized spacial score (nSPS) is 12.4. The van der Waals surface area contributed by atoms with Gasteiger partial charge in [-0.15, -0.1) is 0 Å². The molecular weight excluding hydrogens is 268 g/mol. The van der Waals surface area contributed by atoms with Crippen LogP contribution in [0.15, 0.2) is 41.3 Å². The second-order valence-electron chi connectivity index (χ2n) is 4.29. The highest BCUT2D eigenvalue weighted by Gasteiger charge is 2.10. The van der Waals surface area contributed by atoms with Gasteiger partial charge in [-0.3, -0.25) is 4.21 Å². The Balaban J connectivity index is 2.25. The first-order chi connectivity index (χ1) is 8.95. The third-order valence-corrected chi connectivity index (χ3v) is 4.21. The van der Waals surface area contributed by atoms with Crippen molar-refractivity contribution in [2.75, 3.05) is 5.73 Å². The second-order valence-corrected chi connectivity index (χ2v) is 5.71. The lowest BCUT2D eigenvalue weighted by atomic mass is 10.2. The molecule has 2 aromatic rings. The molecule has 0 amide bonds. The molecule has 0 aromatic heterocycles. The van der Waals surface area contributed by atoms with Gasteiger partial charge in [-0.05, 0) is 48.4 Å². The van der Waals surface area contributed by atoms with Gasteiger partial charge in [-0.25, -0.2) is 8.78 Å². The van der Waals surface area contributed by atoms with Gasteiger partial charge in [0.1, 0.15) is 11.6 Å². The molecule has 0 aliphatic heterocycles. The van der Waals surface area contributed by atoms with Crippen LogP contribution in [0.5, 0.6) is 0 Å². The summed E-state index contributed by atoms with van der Waals surface area (Å²) in [4.78, 5) is 0.624. The van der Waals surface area contributed by atoms with Gasteiger partial charge in [0, 0.05) is 16.6 Å². The van der Waals surface area contributed by atoms with E-state index in [1.54, 1.807) is 25.1 Å². The lowest BCUT2D eigenvalue weighted by molar-refractivity contribution is 0.581. The highest BCUT2D eigenvalue weighted by molar-refractivity contribution is 7.84. The maximum Gasteiger partial charge on any atom is 0.126 e. The molecule has 0 heterocycles. The Hall–Kier alpha value is -1.75. The Kier molecular flexibility index (Phi) is 3.95. The first kappa shape index (κ1) is 13.7. The highest BCUT2D eigenvalue weighted by Crippen LogP contribution is 2.20. The number of nitrogens with two attached hydrogens (primary N) is 1. The smallest absolute Gasteiger partial charge is 0.126 e. The van der Waals surface area contributed by atoms with Crippen LogP contribution in [-0.2, 0) is 16.6 Å². The Labute approximate surface area is 112 Å². The summed E-state index contributed by atoms with van der Waals surface area (Å²) in [6.45, 7) is 1.80. The van der Waals surface area contributed by atoms with Crippen LogP contribution in [0.2, 0.25) is 0 Å². The highest BCUT2D eigenvalue weighted by atomic mass is 32.2. The standard InChI is InChI=1S/C14H13F2NOS/c1-9-4-13(17)2-3-14(9)19(18)8-10-5-11(15)7-12(16)6-10/h2-7H,8,17H2,1H3. The fourth-order valence-corrected chi connectivity index (χ4v) is 3.11. The molecule has 2 N–H and O–H groups in total. The Morgan fingerprint density at radius 3 is 2.32 bits per heavy atom. The molecular formula is C14H13F2NOS. The number of hydrogen-bond acceptors (Lipinski definition) is 2. The number of aryl methyl sites for hydroxylation is 1. The molecule has 0 bridgehead atoms. The number of halogens is 2. The lowest BCUT2D eigenvalue weighted by Crippen LogP contribution is -2.00. The summed E-state index contributed by atoms with van der Waals surface area (Å²) in [6.07, 6.45) is 0. The quantitative estimate of drug-likeness (QED) is 0.878. The number of anilines is 1. The third kappa shape index (κ3) is 3.38. The van der Waals surface area contributed by atoms with Crippen LogP contribution in [-0.4, -0.2) is 4.21 Å². The third-order valence-electron chi connectivity index (χ3n) is 2.66. The molecule has 0 saturated carbocycles. The summed E-state index contributed by atoms with van der Waals surface area (Å²) in [7, 11) is -1.36. The van der Waals surface area contributed by atoms with E-state index >= 15 is 0 Å². The molecule has 19 heavy (non-hydrogen) atoms. The van der Waals surface area contributed by atoms with Gasteiger partial charge in [0.25, 0.3) is 0 Å². The SMILES string of the molecule is Cc1cc(N)ccc1S(=O)Cc1cc(F)cc(F)c1. The van der Waals surface area contributed by atoms with Crippen LogP contribution >= 0.6 is 0 Å². The summed E-state index contributed by atoms with van der Waals surface area (Å²) < 4.78 is 38.3. The van der Waals surface area contributed by atoms with Gasteiger partial charge in [0.2, 0.25) is 0 Å². The predicted molar refractivity (Wildman–Crippen MR) is 72.1 cm³/mol. The first-order valence-electron chi connectivity index (χ1n) is 5.65. The summed E-state index contributed by atoms with van der Waals surface area (Å²) in [5.41, 5.74) is 7.38. The van der Waals surface area contributed by atoms with E-state index in [0.29, 0.717) is 16.1 Å². The van der Waals surface area contributed by atoms with Crippen LogP contribution in [0.3, 0.4) is 0 Å². The van der Waals surface area contributed by atoms with Gasteiger partial charge in [-0.1, -0.05) is 0 Å². The van der Waals surface area contributed by atoms with E-state index in [4.69, 9.17) is 5.73 Å². The molecule has 2 rings (SSSR count). The van der Waals surface area contributed by atoms with Crippen LogP contribution in [0.4, 0.5) is 14.5 Å². The molecule has 5 heteroatoms. The topological polar surface area (TPSA) is 43.1 Å². The maximum atomic E-state index is 13.1. The van der Waals surface area contributed by atoms with E-state index in [0.717, 1.165) is 11.6 Å². The van der Waals surface area contributed by atoms with Crippen molar-refractivity contribution in [2.24, 2.45) is 0 Å². The van der Waals surface area contributed by atoms with Gasteiger partial charge < -0.3 is 5.73 Å². The number of rotatable bonds is 3. The molecule has 2 nitrogen and oxygen atoms in total. The second kappa shape index (κ2) is 5.48. The van der Waals surface area contributed by atoms with Crippen molar-refractivity contribution in [2.45, 2.75) is 17.6 Å². The van der Waals surface area contributed by atoms with E-state index in [-0.39, 0.29) is 5.75 Å². The lowest BCUT2D eigenvalue weighted by Gasteiger charge is -2.07. The number of hydrogen-bond donors (Lipinski definition) is 1. The van der Waals surface area contributed by atoms with Crippen LogP contribution in [0.25, 0.3) is 0 Å². The molecule has 1 atom stereocenters. The van der Waals surface area contributed by atoms with Gasteiger partial charge in [-0.2, -0.15) is 0 Å². The minimum Gasteiger partial charge on any atom is -0.399 e. The Morgan fingerprint density at radius 1 is 1.11 bits per heavy atom. The van der Waals surface area contributed by atoms with Crippen molar-refractivity contribution in [1.82, 2.24) is 0 Å². The minimum atomic E-state index is -1.36. The fraction of sp³-hybridized carbons (Fsp3) is 0.143. The Morgan fingerprint density at radius 2 is 1.74 bits per heavy atom. The zero-order chi connectivity index (χ0) is 14.0. The molecule has 0 spiro atoms. The number of nitrogen functional groups attached to an aromatic ring is 1. The Bertz CT molecular complexity index is 623. The maximum absolute atomic E-state index is 13.1. The zero-order valence-electron chi connectivity index (χ0n) is 10.3. The first-order valence-corrected chi connectivity index (χ1v) is 6.97. The van der Waals surface area contributed by atoms with Crippen molar-refractivity contribution in [1.29, 1.82) is 0 Å². The van der Waals surface area contributed by atoms with Crippen molar-refractivity contribution < 1.29 is 13.0 Å². The molecule has 0 aliphatic carbocycles. The molecule has 2 aromatic carbocycles. The van der Waals surface area contributed by atoms with Crippen molar-refractivity contribution in [3.05, 3.63) is 59.2 Å². The molecule has 0 saturated heterocycles. The van der Waals surface area contributed by atoms with Crippen molar-refractivity contribution >= 4 is 16.5 Å². The van der Waals surface area contributed by atoms with Crippen molar-refractivity contribution in [3.63, 3.8) is 0 Å². The van der Waals surface area contributed by atoms with E-state index in [1.165, 1.54) is 12.1 Å². The van der Waals surface area contributed by atoms with Crippen LogP contribution in [0, 0.1) is 18.6 Å². The van der Waals surface area contributed by atoms with E-state index in [9.17, 15) is 13.0 Å². The zero-order valence-corrected chi connectivity index (χ0v) is 11.1. The van der Waals surface area contributed by atoms with Gasteiger partial charge >= 0.3 is 0 Å².